The van der Waals surface area contributed by atoms with E-state index in [9.17, 15) is 4.79 Å². The summed E-state index contributed by atoms with van der Waals surface area (Å²) in [5, 5.41) is 2.30. The van der Waals surface area contributed by atoms with E-state index < -0.39 is 3.23 Å². The van der Waals surface area contributed by atoms with Crippen LogP contribution in [0.5, 0.6) is 0 Å². The van der Waals surface area contributed by atoms with Crippen LogP contribution in [0.25, 0.3) is 10.8 Å². The average Bonchev–Trinajstić information content (AvgIpc) is 2.47. The highest BCUT2D eigenvalue weighted by atomic mass is 79.9. The first-order valence-electron chi connectivity index (χ1n) is 5.02. The summed E-state index contributed by atoms with van der Waals surface area (Å²) < 4.78 is -0.598. The third kappa shape index (κ3) is 1.45. The van der Waals surface area contributed by atoms with Gasteiger partial charge in [0.25, 0.3) is 0 Å². The SMILES string of the molecule is O=C1c2cc3ccccc3cc2CC1(Br)Br. The molecule has 0 atom stereocenters. The smallest absolute Gasteiger partial charge is 0.190 e. The number of hydrogen-bond donors (Lipinski definition) is 0. The minimum atomic E-state index is -0.598. The Hall–Kier alpha value is -0.670. The maximum atomic E-state index is 12.1. The van der Waals surface area contributed by atoms with Crippen LogP contribution in [0.15, 0.2) is 36.4 Å². The maximum Gasteiger partial charge on any atom is 0.190 e. The number of rotatable bonds is 0. The van der Waals surface area contributed by atoms with Crippen molar-refractivity contribution in [2.45, 2.75) is 9.65 Å². The molecular weight excluding hydrogens is 332 g/mol. The van der Waals surface area contributed by atoms with Gasteiger partial charge in [-0.05, 0) is 22.4 Å². The molecule has 0 saturated heterocycles. The number of benzene rings is 2. The van der Waals surface area contributed by atoms with Gasteiger partial charge in [-0.25, -0.2) is 0 Å². The van der Waals surface area contributed by atoms with Crippen molar-refractivity contribution >= 4 is 48.4 Å². The van der Waals surface area contributed by atoms with Crippen molar-refractivity contribution in [2.75, 3.05) is 0 Å². The molecule has 3 heteroatoms. The van der Waals surface area contributed by atoms with E-state index in [-0.39, 0.29) is 5.78 Å². The minimum Gasteiger partial charge on any atom is -0.292 e. The molecule has 1 aliphatic carbocycles. The number of halogens is 2. The second-order valence-electron chi connectivity index (χ2n) is 4.07. The van der Waals surface area contributed by atoms with Crippen LogP contribution in [-0.2, 0) is 6.42 Å². The van der Waals surface area contributed by atoms with E-state index in [0.29, 0.717) is 6.42 Å². The van der Waals surface area contributed by atoms with Gasteiger partial charge < -0.3 is 0 Å². The highest BCUT2D eigenvalue weighted by molar-refractivity contribution is 9.26. The largest absolute Gasteiger partial charge is 0.292 e. The Bertz CT molecular complexity index is 602. The quantitative estimate of drug-likeness (QED) is 0.661. The molecule has 0 radical (unpaired) electrons. The van der Waals surface area contributed by atoms with Crippen molar-refractivity contribution in [3.05, 3.63) is 47.5 Å². The summed E-state index contributed by atoms with van der Waals surface area (Å²) in [6.07, 6.45) is 0.700. The molecule has 16 heavy (non-hydrogen) atoms. The Kier molecular flexibility index (Phi) is 2.23. The number of ketones is 1. The summed E-state index contributed by atoms with van der Waals surface area (Å²) in [5.74, 6) is 0.119. The van der Waals surface area contributed by atoms with Crippen molar-refractivity contribution < 1.29 is 4.79 Å². The van der Waals surface area contributed by atoms with Crippen molar-refractivity contribution in [3.8, 4) is 0 Å². The molecule has 0 aromatic heterocycles. The van der Waals surface area contributed by atoms with Gasteiger partial charge in [-0.2, -0.15) is 0 Å². The first-order valence-corrected chi connectivity index (χ1v) is 6.61. The molecule has 0 N–H and O–H groups in total. The molecule has 2 aromatic rings. The molecule has 0 unspecified atom stereocenters. The topological polar surface area (TPSA) is 17.1 Å². The van der Waals surface area contributed by atoms with E-state index in [1.54, 1.807) is 0 Å². The number of hydrogen-bond acceptors (Lipinski definition) is 1. The zero-order valence-corrected chi connectivity index (χ0v) is 11.5. The lowest BCUT2D eigenvalue weighted by molar-refractivity contribution is 0.0994. The molecule has 1 nitrogen and oxygen atoms in total. The third-order valence-corrected chi connectivity index (χ3v) is 4.24. The minimum absolute atomic E-state index is 0.119. The van der Waals surface area contributed by atoms with Crippen molar-refractivity contribution in [1.29, 1.82) is 0 Å². The summed E-state index contributed by atoms with van der Waals surface area (Å²) in [4.78, 5) is 12.1. The Labute approximate surface area is 110 Å². The van der Waals surface area contributed by atoms with E-state index >= 15 is 0 Å². The van der Waals surface area contributed by atoms with E-state index in [2.05, 4.69) is 44.0 Å². The van der Waals surface area contributed by atoms with E-state index in [1.807, 2.05) is 24.3 Å². The van der Waals surface area contributed by atoms with E-state index in [4.69, 9.17) is 0 Å². The predicted octanol–water partition coefficient (Wildman–Crippen LogP) is 4.06. The molecule has 0 fully saturated rings. The van der Waals surface area contributed by atoms with Crippen LogP contribution >= 0.6 is 31.9 Å². The van der Waals surface area contributed by atoms with Crippen LogP contribution in [-0.4, -0.2) is 9.02 Å². The van der Waals surface area contributed by atoms with Crippen LogP contribution in [0.1, 0.15) is 15.9 Å². The molecule has 0 spiro atoms. The Morgan fingerprint density at radius 1 is 1.06 bits per heavy atom. The van der Waals surface area contributed by atoms with Gasteiger partial charge in [0.2, 0.25) is 0 Å². The number of carbonyl (C=O) groups excluding carboxylic acids is 1. The lowest BCUT2D eigenvalue weighted by atomic mass is 10.0. The fraction of sp³-hybridized carbons (Fsp3) is 0.154. The van der Waals surface area contributed by atoms with Gasteiger partial charge in [-0.1, -0.05) is 62.2 Å². The van der Waals surface area contributed by atoms with Gasteiger partial charge >= 0.3 is 0 Å². The normalized spacial score (nSPS) is 17.8. The van der Waals surface area contributed by atoms with Gasteiger partial charge in [-0.15, -0.1) is 0 Å². The molecule has 0 heterocycles. The molecule has 0 aliphatic heterocycles. The van der Waals surface area contributed by atoms with Gasteiger partial charge in [0.1, 0.15) is 3.23 Å². The van der Waals surface area contributed by atoms with Crippen molar-refractivity contribution in [2.24, 2.45) is 0 Å². The highest BCUT2D eigenvalue weighted by Crippen LogP contribution is 2.42. The fourth-order valence-corrected chi connectivity index (χ4v) is 3.19. The lowest BCUT2D eigenvalue weighted by Gasteiger charge is -2.07. The summed E-state index contributed by atoms with van der Waals surface area (Å²) in [6, 6.07) is 12.2. The predicted molar refractivity (Wildman–Crippen MR) is 72.6 cm³/mol. The molecule has 1 aliphatic rings. The summed E-state index contributed by atoms with van der Waals surface area (Å²) >= 11 is 6.86. The van der Waals surface area contributed by atoms with Gasteiger partial charge in [0.05, 0.1) is 0 Å². The van der Waals surface area contributed by atoms with Crippen LogP contribution in [0.4, 0.5) is 0 Å². The molecular formula is C13H8Br2O. The third-order valence-electron chi connectivity index (χ3n) is 2.96. The van der Waals surface area contributed by atoms with E-state index in [1.165, 1.54) is 5.39 Å². The van der Waals surface area contributed by atoms with Crippen LogP contribution < -0.4 is 0 Å². The summed E-state index contributed by atoms with van der Waals surface area (Å²) in [6.45, 7) is 0. The molecule has 3 rings (SSSR count). The molecule has 0 saturated carbocycles. The van der Waals surface area contributed by atoms with Crippen molar-refractivity contribution in [3.63, 3.8) is 0 Å². The lowest BCUT2D eigenvalue weighted by Crippen LogP contribution is -2.19. The maximum absolute atomic E-state index is 12.1. The molecule has 0 bridgehead atoms. The summed E-state index contributed by atoms with van der Waals surface area (Å²) in [5.41, 5.74) is 1.94. The fourth-order valence-electron chi connectivity index (χ4n) is 2.16. The molecule has 2 aromatic carbocycles. The second-order valence-corrected chi connectivity index (χ2v) is 7.84. The van der Waals surface area contributed by atoms with Gasteiger partial charge in [0, 0.05) is 12.0 Å². The van der Waals surface area contributed by atoms with Crippen LogP contribution in [0.2, 0.25) is 0 Å². The van der Waals surface area contributed by atoms with E-state index in [0.717, 1.165) is 16.5 Å². The number of alkyl halides is 2. The standard InChI is InChI=1S/C13H8Br2O/c14-13(15)7-10-5-8-3-1-2-4-9(8)6-11(10)12(13)16/h1-6H,7H2. The summed E-state index contributed by atoms with van der Waals surface area (Å²) in [7, 11) is 0. The Balaban J connectivity index is 2.30. The zero-order valence-electron chi connectivity index (χ0n) is 8.34. The van der Waals surface area contributed by atoms with Crippen LogP contribution in [0.3, 0.4) is 0 Å². The second kappa shape index (κ2) is 3.41. The van der Waals surface area contributed by atoms with Crippen LogP contribution in [0, 0.1) is 0 Å². The Morgan fingerprint density at radius 2 is 1.69 bits per heavy atom. The average molecular weight is 340 g/mol. The zero-order chi connectivity index (χ0) is 11.3. The number of carbonyl (C=O) groups is 1. The highest BCUT2D eigenvalue weighted by Gasteiger charge is 2.41. The molecule has 0 amide bonds. The Morgan fingerprint density at radius 3 is 2.38 bits per heavy atom. The first-order chi connectivity index (χ1) is 7.58. The first kappa shape index (κ1) is 10.5. The van der Waals surface area contributed by atoms with Gasteiger partial charge in [-0.3, -0.25) is 4.79 Å². The van der Waals surface area contributed by atoms with Gasteiger partial charge in [0.15, 0.2) is 5.78 Å². The van der Waals surface area contributed by atoms with Crippen molar-refractivity contribution in [1.82, 2.24) is 0 Å². The monoisotopic (exact) mass is 338 g/mol. The number of Topliss-reactive ketones (excluding diaryl/α,β-unsaturated/α-hetero) is 1. The number of fused-ring (bicyclic) bond motifs is 2. The molecule has 80 valence electrons.